The van der Waals surface area contributed by atoms with Crippen LogP contribution in [-0.2, 0) is 11.4 Å². The Morgan fingerprint density at radius 2 is 1.46 bits per heavy atom. The number of hydrogen-bond donors (Lipinski definition) is 1. The molecule has 2 atom stereocenters. The van der Waals surface area contributed by atoms with Crippen molar-refractivity contribution in [1.82, 2.24) is 5.06 Å². The van der Waals surface area contributed by atoms with Crippen LogP contribution >= 0.6 is 0 Å². The second-order valence-corrected chi connectivity index (χ2v) is 8.24. The van der Waals surface area contributed by atoms with Crippen molar-refractivity contribution < 1.29 is 9.94 Å². The molecular formula is C23H33NO2. The minimum atomic E-state index is -0.159. The van der Waals surface area contributed by atoms with Gasteiger partial charge in [0.25, 0.3) is 0 Å². The van der Waals surface area contributed by atoms with E-state index in [2.05, 4.69) is 70.9 Å². The van der Waals surface area contributed by atoms with Gasteiger partial charge in [0.2, 0.25) is 0 Å². The van der Waals surface area contributed by atoms with Crippen LogP contribution in [0.15, 0.2) is 54.6 Å². The average molecular weight is 356 g/mol. The molecule has 0 aliphatic heterocycles. The minimum absolute atomic E-state index is 0.0339. The highest BCUT2D eigenvalue weighted by Gasteiger charge is 2.34. The van der Waals surface area contributed by atoms with Crippen molar-refractivity contribution in [1.29, 1.82) is 0 Å². The molecule has 0 amide bonds. The van der Waals surface area contributed by atoms with E-state index < -0.39 is 0 Å². The van der Waals surface area contributed by atoms with Gasteiger partial charge < -0.3 is 5.11 Å². The quantitative estimate of drug-likeness (QED) is 0.650. The number of nitrogens with zero attached hydrogens (tertiary/aromatic N) is 1. The molecule has 0 radical (unpaired) electrons. The van der Waals surface area contributed by atoms with E-state index in [1.54, 1.807) is 0 Å². The predicted molar refractivity (Wildman–Crippen MR) is 107 cm³/mol. The molecule has 0 saturated heterocycles. The third-order valence-corrected chi connectivity index (χ3v) is 4.59. The van der Waals surface area contributed by atoms with Gasteiger partial charge in [-0.25, -0.2) is 0 Å². The van der Waals surface area contributed by atoms with Gasteiger partial charge in [0.15, 0.2) is 0 Å². The van der Waals surface area contributed by atoms with Crippen molar-refractivity contribution >= 4 is 0 Å². The Kier molecular flexibility index (Phi) is 6.99. The van der Waals surface area contributed by atoms with Crippen LogP contribution in [0, 0.1) is 5.92 Å². The summed E-state index contributed by atoms with van der Waals surface area (Å²) in [6, 6.07) is 18.6. The minimum Gasteiger partial charge on any atom is -0.392 e. The van der Waals surface area contributed by atoms with Crippen LogP contribution in [-0.4, -0.2) is 15.7 Å². The third-order valence-electron chi connectivity index (χ3n) is 4.59. The van der Waals surface area contributed by atoms with E-state index in [1.165, 1.54) is 11.1 Å². The molecule has 2 aromatic carbocycles. The molecule has 0 aromatic heterocycles. The summed E-state index contributed by atoms with van der Waals surface area (Å²) in [7, 11) is 0. The molecular weight excluding hydrogens is 322 g/mol. The van der Waals surface area contributed by atoms with E-state index >= 15 is 0 Å². The molecule has 0 heterocycles. The second kappa shape index (κ2) is 8.81. The van der Waals surface area contributed by atoms with Crippen LogP contribution in [0.2, 0.25) is 0 Å². The van der Waals surface area contributed by atoms with E-state index in [9.17, 15) is 5.11 Å². The molecule has 0 spiro atoms. The molecule has 0 aliphatic rings. The third kappa shape index (κ3) is 5.16. The molecule has 2 unspecified atom stereocenters. The topological polar surface area (TPSA) is 32.7 Å². The van der Waals surface area contributed by atoms with Crippen molar-refractivity contribution in [3.05, 3.63) is 71.3 Å². The normalized spacial score (nSPS) is 14.7. The molecule has 0 saturated carbocycles. The molecule has 0 aliphatic carbocycles. The molecule has 26 heavy (non-hydrogen) atoms. The summed E-state index contributed by atoms with van der Waals surface area (Å²) in [6.45, 7) is 13.2. The standard InChI is InChI=1S/C23H33NO2/c1-17(2)22(21-14-12-19(16-25)13-15-21)24(23(4,5)6)26-18(3)20-10-8-7-9-11-20/h7-15,17-18,22,25H,16H2,1-6H3. The Morgan fingerprint density at radius 3 is 1.92 bits per heavy atom. The van der Waals surface area contributed by atoms with Crippen LogP contribution in [0.5, 0.6) is 0 Å². The highest BCUT2D eigenvalue weighted by molar-refractivity contribution is 5.25. The largest absolute Gasteiger partial charge is 0.392 e. The zero-order valence-corrected chi connectivity index (χ0v) is 16.9. The lowest BCUT2D eigenvalue weighted by Gasteiger charge is -2.44. The maximum atomic E-state index is 9.32. The number of aliphatic hydroxyl groups excluding tert-OH is 1. The first-order valence-electron chi connectivity index (χ1n) is 9.44. The van der Waals surface area contributed by atoms with Crippen LogP contribution in [0.3, 0.4) is 0 Å². The molecule has 2 rings (SSSR count). The van der Waals surface area contributed by atoms with Crippen molar-refractivity contribution in [3.63, 3.8) is 0 Å². The number of rotatable bonds is 7. The zero-order valence-electron chi connectivity index (χ0n) is 16.9. The van der Waals surface area contributed by atoms with Crippen molar-refractivity contribution in [2.45, 2.75) is 65.8 Å². The monoisotopic (exact) mass is 355 g/mol. The summed E-state index contributed by atoms with van der Waals surface area (Å²) in [4.78, 5) is 6.52. The summed E-state index contributed by atoms with van der Waals surface area (Å²) in [5.41, 5.74) is 3.14. The predicted octanol–water partition coefficient (Wildman–Crippen LogP) is 5.67. The fraction of sp³-hybridized carbons (Fsp3) is 0.478. The van der Waals surface area contributed by atoms with E-state index in [1.807, 2.05) is 30.3 Å². The Hall–Kier alpha value is -1.68. The van der Waals surface area contributed by atoms with Gasteiger partial charge in [-0.1, -0.05) is 68.4 Å². The Labute approximate surface area is 158 Å². The molecule has 2 aromatic rings. The van der Waals surface area contributed by atoms with Crippen molar-refractivity contribution in [3.8, 4) is 0 Å². The molecule has 142 valence electrons. The van der Waals surface area contributed by atoms with Gasteiger partial charge >= 0.3 is 0 Å². The van der Waals surface area contributed by atoms with Gasteiger partial charge in [-0.2, -0.15) is 5.06 Å². The Bertz CT molecular complexity index is 659. The van der Waals surface area contributed by atoms with Gasteiger partial charge in [0.05, 0.1) is 12.6 Å². The lowest BCUT2D eigenvalue weighted by Crippen LogP contribution is -2.46. The molecule has 0 bridgehead atoms. The molecule has 3 heteroatoms. The van der Waals surface area contributed by atoms with Crippen LogP contribution < -0.4 is 0 Å². The smallest absolute Gasteiger partial charge is 0.102 e. The zero-order chi connectivity index (χ0) is 19.3. The number of hydroxylamine groups is 2. The first-order valence-corrected chi connectivity index (χ1v) is 9.44. The summed E-state index contributed by atoms with van der Waals surface area (Å²) in [5, 5.41) is 11.5. The Morgan fingerprint density at radius 1 is 0.885 bits per heavy atom. The van der Waals surface area contributed by atoms with Crippen molar-refractivity contribution in [2.24, 2.45) is 5.92 Å². The maximum Gasteiger partial charge on any atom is 0.102 e. The first kappa shape index (κ1) is 20.6. The van der Waals surface area contributed by atoms with Gasteiger partial charge in [-0.05, 0) is 50.3 Å². The Balaban J connectivity index is 2.34. The first-order chi connectivity index (χ1) is 12.2. The van der Waals surface area contributed by atoms with Crippen molar-refractivity contribution in [2.75, 3.05) is 0 Å². The van der Waals surface area contributed by atoms with E-state index in [-0.39, 0.29) is 24.3 Å². The van der Waals surface area contributed by atoms with E-state index in [0.717, 1.165) is 5.56 Å². The second-order valence-electron chi connectivity index (χ2n) is 8.24. The number of aliphatic hydroxyl groups is 1. The highest BCUT2D eigenvalue weighted by atomic mass is 16.7. The molecule has 0 fully saturated rings. The summed E-state index contributed by atoms with van der Waals surface area (Å²) in [6.07, 6.45) is -0.0339. The maximum absolute atomic E-state index is 9.32. The van der Waals surface area contributed by atoms with Gasteiger partial charge in [0.1, 0.15) is 6.10 Å². The number of benzene rings is 2. The average Bonchev–Trinajstić information content (AvgIpc) is 2.61. The van der Waals surface area contributed by atoms with E-state index in [0.29, 0.717) is 5.92 Å². The fourth-order valence-electron chi connectivity index (χ4n) is 3.21. The lowest BCUT2D eigenvalue weighted by molar-refractivity contribution is -0.272. The fourth-order valence-corrected chi connectivity index (χ4v) is 3.21. The van der Waals surface area contributed by atoms with Crippen LogP contribution in [0.1, 0.15) is 70.4 Å². The summed E-state index contributed by atoms with van der Waals surface area (Å²) >= 11 is 0. The SMILES string of the molecule is CC(ON(C(c1ccc(CO)cc1)C(C)C)C(C)(C)C)c1ccccc1. The van der Waals surface area contributed by atoms with Crippen LogP contribution in [0.4, 0.5) is 0 Å². The summed E-state index contributed by atoms with van der Waals surface area (Å²) < 4.78 is 0. The number of hydrogen-bond acceptors (Lipinski definition) is 3. The summed E-state index contributed by atoms with van der Waals surface area (Å²) in [5.74, 6) is 0.372. The van der Waals surface area contributed by atoms with Gasteiger partial charge in [0, 0.05) is 5.54 Å². The molecule has 3 nitrogen and oxygen atoms in total. The van der Waals surface area contributed by atoms with Crippen LogP contribution in [0.25, 0.3) is 0 Å². The van der Waals surface area contributed by atoms with E-state index in [4.69, 9.17) is 4.84 Å². The van der Waals surface area contributed by atoms with Gasteiger partial charge in [-0.15, -0.1) is 0 Å². The van der Waals surface area contributed by atoms with Gasteiger partial charge in [-0.3, -0.25) is 4.84 Å². The molecule has 1 N–H and O–H groups in total. The lowest BCUT2D eigenvalue weighted by atomic mass is 9.92. The highest BCUT2D eigenvalue weighted by Crippen LogP contribution is 2.37.